The summed E-state index contributed by atoms with van der Waals surface area (Å²) in [4.78, 5) is 25.2. The number of hydrogen-bond acceptors (Lipinski definition) is 6. The van der Waals surface area contributed by atoms with Gasteiger partial charge in [-0.3, -0.25) is 0 Å². The van der Waals surface area contributed by atoms with E-state index in [2.05, 4.69) is 6.92 Å². The fourth-order valence-corrected chi connectivity index (χ4v) is 3.74. The Morgan fingerprint density at radius 2 is 1.35 bits per heavy atom. The summed E-state index contributed by atoms with van der Waals surface area (Å²) in [5.74, 6) is 1.17. The lowest BCUT2D eigenvalue weighted by Gasteiger charge is -2.19. The second-order valence-corrected chi connectivity index (χ2v) is 9.20. The SMILES string of the molecule is CCc1ccc2c(OC(=O)OCC(C)C)c3c(CC)cccc3c(OC(=O)OCC(C)C)c2c1. The fraction of sp³-hybridized carbons (Fsp3) is 0.429. The first-order chi connectivity index (χ1) is 16.2. The molecule has 0 heterocycles. The van der Waals surface area contributed by atoms with Crippen LogP contribution in [-0.4, -0.2) is 25.5 Å². The number of carbonyl (C=O) groups is 2. The van der Waals surface area contributed by atoms with Crippen LogP contribution in [0.2, 0.25) is 0 Å². The Labute approximate surface area is 201 Å². The van der Waals surface area contributed by atoms with E-state index in [1.54, 1.807) is 0 Å². The molecule has 0 saturated carbocycles. The summed E-state index contributed by atoms with van der Waals surface area (Å²) in [6.45, 7) is 12.4. The predicted molar refractivity (Wildman–Crippen MR) is 134 cm³/mol. The van der Waals surface area contributed by atoms with Crippen LogP contribution in [0.4, 0.5) is 9.59 Å². The third kappa shape index (κ3) is 5.79. The maximum atomic E-state index is 12.6. The molecule has 0 unspecified atom stereocenters. The Balaban J connectivity index is 2.24. The molecule has 182 valence electrons. The topological polar surface area (TPSA) is 71.1 Å². The molecule has 0 aromatic heterocycles. The molecular formula is C28H34O6. The van der Waals surface area contributed by atoms with E-state index in [1.165, 1.54) is 0 Å². The lowest BCUT2D eigenvalue weighted by atomic mass is 9.94. The molecule has 0 atom stereocenters. The number of aryl methyl sites for hydroxylation is 2. The average molecular weight is 467 g/mol. The van der Waals surface area contributed by atoms with Crippen LogP contribution in [0.25, 0.3) is 21.5 Å². The van der Waals surface area contributed by atoms with E-state index in [-0.39, 0.29) is 25.0 Å². The molecule has 3 aromatic rings. The quantitative estimate of drug-likeness (QED) is 0.195. The van der Waals surface area contributed by atoms with Crippen LogP contribution >= 0.6 is 0 Å². The zero-order valence-corrected chi connectivity index (χ0v) is 20.9. The van der Waals surface area contributed by atoms with Gasteiger partial charge in [0.15, 0.2) is 5.75 Å². The molecule has 0 saturated heterocycles. The number of ether oxygens (including phenoxy) is 4. The first-order valence-electron chi connectivity index (χ1n) is 11.9. The standard InChI is InChI=1S/C28H34O6/c1-7-19-12-13-21-23(14-19)25(33-27(29)31-15-17(3)4)22-11-9-10-20(8-2)24(22)26(21)34-28(30)32-16-18(5)6/h9-14,17-18H,7-8,15-16H2,1-6H3. The van der Waals surface area contributed by atoms with Crippen molar-refractivity contribution in [2.75, 3.05) is 13.2 Å². The lowest BCUT2D eigenvalue weighted by molar-refractivity contribution is 0.0879. The molecule has 0 N–H and O–H groups in total. The lowest BCUT2D eigenvalue weighted by Crippen LogP contribution is -2.16. The summed E-state index contributed by atoms with van der Waals surface area (Å²) in [6, 6.07) is 11.6. The summed E-state index contributed by atoms with van der Waals surface area (Å²) in [5.41, 5.74) is 2.03. The zero-order valence-electron chi connectivity index (χ0n) is 20.9. The van der Waals surface area contributed by atoms with E-state index in [4.69, 9.17) is 18.9 Å². The fourth-order valence-electron chi connectivity index (χ4n) is 3.74. The minimum Gasteiger partial charge on any atom is -0.434 e. The monoisotopic (exact) mass is 466 g/mol. The molecule has 3 aromatic carbocycles. The largest absolute Gasteiger partial charge is 0.513 e. The molecule has 0 fully saturated rings. The summed E-state index contributed by atoms with van der Waals surface area (Å²) in [7, 11) is 0. The van der Waals surface area contributed by atoms with Gasteiger partial charge in [0, 0.05) is 21.5 Å². The van der Waals surface area contributed by atoms with E-state index in [0.717, 1.165) is 22.9 Å². The van der Waals surface area contributed by atoms with Crippen molar-refractivity contribution in [1.82, 2.24) is 0 Å². The summed E-state index contributed by atoms with van der Waals surface area (Å²) >= 11 is 0. The molecule has 0 aliphatic heterocycles. The van der Waals surface area contributed by atoms with Crippen LogP contribution in [0.1, 0.15) is 52.7 Å². The van der Waals surface area contributed by atoms with Crippen molar-refractivity contribution in [3.63, 3.8) is 0 Å². The van der Waals surface area contributed by atoms with Gasteiger partial charge >= 0.3 is 12.3 Å². The van der Waals surface area contributed by atoms with Crippen molar-refractivity contribution in [3.8, 4) is 11.5 Å². The van der Waals surface area contributed by atoms with Gasteiger partial charge in [-0.2, -0.15) is 0 Å². The second kappa shape index (κ2) is 11.2. The highest BCUT2D eigenvalue weighted by Crippen LogP contribution is 2.45. The smallest absolute Gasteiger partial charge is 0.434 e. The summed E-state index contributed by atoms with van der Waals surface area (Å²) in [5, 5.41) is 2.73. The van der Waals surface area contributed by atoms with Crippen molar-refractivity contribution in [3.05, 3.63) is 47.5 Å². The summed E-state index contributed by atoms with van der Waals surface area (Å²) < 4.78 is 22.2. The molecule has 0 spiro atoms. The molecule has 0 aliphatic rings. The van der Waals surface area contributed by atoms with Gasteiger partial charge in [0.1, 0.15) is 5.75 Å². The highest BCUT2D eigenvalue weighted by molar-refractivity contribution is 6.13. The normalized spacial score (nSPS) is 11.3. The van der Waals surface area contributed by atoms with Crippen LogP contribution < -0.4 is 9.47 Å². The molecule has 6 heteroatoms. The van der Waals surface area contributed by atoms with Crippen molar-refractivity contribution in [2.24, 2.45) is 11.8 Å². The minimum atomic E-state index is -0.759. The van der Waals surface area contributed by atoms with E-state index < -0.39 is 12.3 Å². The predicted octanol–water partition coefficient (Wildman–Crippen LogP) is 7.46. The van der Waals surface area contributed by atoms with E-state index >= 15 is 0 Å². The van der Waals surface area contributed by atoms with Gasteiger partial charge in [0.25, 0.3) is 0 Å². The third-order valence-corrected chi connectivity index (χ3v) is 5.42. The molecule has 3 rings (SSSR count). The van der Waals surface area contributed by atoms with Gasteiger partial charge in [-0.1, -0.05) is 71.9 Å². The number of fused-ring (bicyclic) bond motifs is 2. The molecule has 0 bridgehead atoms. The van der Waals surface area contributed by atoms with Gasteiger partial charge in [0.2, 0.25) is 0 Å². The van der Waals surface area contributed by atoms with Crippen molar-refractivity contribution < 1.29 is 28.5 Å². The highest BCUT2D eigenvalue weighted by Gasteiger charge is 2.23. The Kier molecular flexibility index (Phi) is 8.37. The zero-order chi connectivity index (χ0) is 24.8. The van der Waals surface area contributed by atoms with Crippen LogP contribution in [0.15, 0.2) is 36.4 Å². The van der Waals surface area contributed by atoms with Gasteiger partial charge in [-0.15, -0.1) is 0 Å². The maximum absolute atomic E-state index is 12.6. The minimum absolute atomic E-state index is 0.187. The summed E-state index contributed by atoms with van der Waals surface area (Å²) in [6.07, 6.45) is -0.0194. The number of carbonyl (C=O) groups excluding carboxylic acids is 2. The van der Waals surface area contributed by atoms with Crippen LogP contribution in [0, 0.1) is 11.8 Å². The van der Waals surface area contributed by atoms with Crippen molar-refractivity contribution in [2.45, 2.75) is 54.4 Å². The Morgan fingerprint density at radius 1 is 0.735 bits per heavy atom. The van der Waals surface area contributed by atoms with Crippen LogP contribution in [-0.2, 0) is 22.3 Å². The van der Waals surface area contributed by atoms with Crippen molar-refractivity contribution >= 4 is 33.9 Å². The van der Waals surface area contributed by atoms with E-state index in [1.807, 2.05) is 71.0 Å². The molecule has 0 aliphatic carbocycles. The molecule has 0 amide bonds. The van der Waals surface area contributed by atoms with Crippen molar-refractivity contribution in [1.29, 1.82) is 0 Å². The molecular weight excluding hydrogens is 432 g/mol. The first kappa shape index (κ1) is 25.3. The Hall–Kier alpha value is -3.28. The van der Waals surface area contributed by atoms with Gasteiger partial charge in [0.05, 0.1) is 13.2 Å². The van der Waals surface area contributed by atoms with Crippen LogP contribution in [0.3, 0.4) is 0 Å². The van der Waals surface area contributed by atoms with Gasteiger partial charge < -0.3 is 18.9 Å². The highest BCUT2D eigenvalue weighted by atomic mass is 16.7. The molecule has 0 radical (unpaired) electrons. The van der Waals surface area contributed by atoms with E-state index in [0.29, 0.717) is 34.1 Å². The maximum Gasteiger partial charge on any atom is 0.513 e. The number of hydrogen-bond donors (Lipinski definition) is 0. The number of rotatable bonds is 8. The Bertz CT molecular complexity index is 1170. The average Bonchev–Trinajstić information content (AvgIpc) is 2.82. The van der Waals surface area contributed by atoms with Crippen LogP contribution in [0.5, 0.6) is 11.5 Å². The number of benzene rings is 3. The van der Waals surface area contributed by atoms with E-state index in [9.17, 15) is 9.59 Å². The Morgan fingerprint density at radius 3 is 1.91 bits per heavy atom. The first-order valence-corrected chi connectivity index (χ1v) is 11.9. The van der Waals surface area contributed by atoms with Gasteiger partial charge in [-0.25, -0.2) is 9.59 Å². The molecule has 6 nitrogen and oxygen atoms in total. The van der Waals surface area contributed by atoms with Gasteiger partial charge in [-0.05, 0) is 41.9 Å². The third-order valence-electron chi connectivity index (χ3n) is 5.42. The second-order valence-electron chi connectivity index (χ2n) is 9.20. The molecule has 34 heavy (non-hydrogen) atoms.